The van der Waals surface area contributed by atoms with Gasteiger partial charge in [-0.1, -0.05) is 29.0 Å². The first kappa shape index (κ1) is 12.1. The summed E-state index contributed by atoms with van der Waals surface area (Å²) >= 11 is 7.15. The van der Waals surface area contributed by atoms with Crippen LogP contribution in [0.15, 0.2) is 41.6 Å². The van der Waals surface area contributed by atoms with Gasteiger partial charge in [0, 0.05) is 24.7 Å². The fourth-order valence-corrected chi connectivity index (χ4v) is 2.66. The van der Waals surface area contributed by atoms with Crippen molar-refractivity contribution in [2.45, 2.75) is 0 Å². The first-order valence-electron chi connectivity index (χ1n) is 5.49. The Balaban J connectivity index is 2.02. The molecule has 3 aromatic rings. The number of hydrogen-bond donors (Lipinski definition) is 0. The molecule has 4 nitrogen and oxygen atoms in total. The average Bonchev–Trinajstić information content (AvgIpc) is 2.79. The second kappa shape index (κ2) is 4.95. The third-order valence-electron chi connectivity index (χ3n) is 2.51. The minimum absolute atomic E-state index is 0.137. The van der Waals surface area contributed by atoms with Crippen LogP contribution in [0.1, 0.15) is 11.3 Å². The molecule has 3 heterocycles. The Kier molecular flexibility index (Phi) is 3.15. The van der Waals surface area contributed by atoms with Crippen LogP contribution >= 0.6 is 22.9 Å². The molecular weight excluding hydrogens is 282 g/mol. The van der Waals surface area contributed by atoms with Crippen molar-refractivity contribution in [1.82, 2.24) is 14.4 Å². The number of hydrogen-bond acceptors (Lipinski definition) is 4. The first-order chi connectivity index (χ1) is 9.22. The van der Waals surface area contributed by atoms with Gasteiger partial charge in [-0.05, 0) is 23.8 Å². The summed E-state index contributed by atoms with van der Waals surface area (Å²) < 4.78 is 1.98. The van der Waals surface area contributed by atoms with Gasteiger partial charge in [0.2, 0.25) is 0 Å². The third kappa shape index (κ3) is 2.57. The molecule has 6 heteroatoms. The summed E-state index contributed by atoms with van der Waals surface area (Å²) in [6, 6.07) is 5.24. The van der Waals surface area contributed by atoms with Crippen molar-refractivity contribution in [1.29, 1.82) is 0 Å². The van der Waals surface area contributed by atoms with Crippen LogP contribution in [0, 0.1) is 0 Å². The number of pyridine rings is 1. The highest BCUT2D eigenvalue weighted by molar-refractivity contribution is 7.20. The van der Waals surface area contributed by atoms with Gasteiger partial charge in [0.05, 0.1) is 5.69 Å². The molecule has 19 heavy (non-hydrogen) atoms. The van der Waals surface area contributed by atoms with Crippen LogP contribution in [0.4, 0.5) is 0 Å². The molecule has 0 N–H and O–H groups in total. The second-order valence-electron chi connectivity index (χ2n) is 3.82. The molecule has 0 saturated carbocycles. The van der Waals surface area contributed by atoms with Gasteiger partial charge in [-0.15, -0.1) is 0 Å². The molecule has 0 aliphatic carbocycles. The summed E-state index contributed by atoms with van der Waals surface area (Å²) in [5.74, 6) is 0. The van der Waals surface area contributed by atoms with Crippen molar-refractivity contribution < 1.29 is 0 Å². The first-order valence-corrected chi connectivity index (χ1v) is 6.69. The number of aromatic nitrogens is 3. The molecule has 0 spiro atoms. The van der Waals surface area contributed by atoms with Crippen LogP contribution in [-0.4, -0.2) is 14.4 Å². The van der Waals surface area contributed by atoms with Crippen molar-refractivity contribution in [2.24, 2.45) is 0 Å². The lowest BCUT2D eigenvalue weighted by Crippen LogP contribution is -2.11. The average molecular weight is 290 g/mol. The summed E-state index contributed by atoms with van der Waals surface area (Å²) in [6.45, 7) is 0. The minimum Gasteiger partial charge on any atom is -0.269 e. The lowest BCUT2D eigenvalue weighted by molar-refractivity contribution is 1.07. The molecule has 0 fully saturated rings. The molecule has 3 rings (SSSR count). The van der Waals surface area contributed by atoms with Crippen LogP contribution in [0.2, 0.25) is 4.34 Å². The summed E-state index contributed by atoms with van der Waals surface area (Å²) in [5, 5.41) is 0. The van der Waals surface area contributed by atoms with Crippen molar-refractivity contribution in [3.05, 3.63) is 62.7 Å². The Hall–Kier alpha value is -1.98. The number of fused-ring (bicyclic) bond motifs is 1. The number of halogens is 1. The Morgan fingerprint density at radius 3 is 2.84 bits per heavy atom. The molecule has 0 atom stereocenters. The Labute approximate surface area is 117 Å². The van der Waals surface area contributed by atoms with E-state index in [-0.39, 0.29) is 5.56 Å². The standard InChI is InChI=1S/C13H8ClN3OS/c14-11-8-17-12(18)7-10(16-13(17)19-11)2-1-9-3-5-15-6-4-9/h1-8H. The molecule has 0 aromatic carbocycles. The van der Waals surface area contributed by atoms with E-state index in [0.29, 0.717) is 15.0 Å². The highest BCUT2D eigenvalue weighted by Crippen LogP contribution is 2.19. The maximum Gasteiger partial charge on any atom is 0.259 e. The predicted octanol–water partition coefficient (Wildman–Crippen LogP) is 2.97. The normalized spacial score (nSPS) is 11.4. The highest BCUT2D eigenvalue weighted by Gasteiger charge is 2.04. The van der Waals surface area contributed by atoms with E-state index >= 15 is 0 Å². The Morgan fingerprint density at radius 2 is 2.05 bits per heavy atom. The molecule has 3 aromatic heterocycles. The van der Waals surface area contributed by atoms with E-state index in [1.54, 1.807) is 24.7 Å². The zero-order valence-electron chi connectivity index (χ0n) is 9.65. The molecule has 0 aliphatic rings. The SMILES string of the molecule is O=c1cc(C=Cc2ccncc2)nc2sc(Cl)cn12. The molecule has 0 saturated heterocycles. The zero-order valence-corrected chi connectivity index (χ0v) is 11.2. The van der Waals surface area contributed by atoms with Gasteiger partial charge in [0.25, 0.3) is 5.56 Å². The molecule has 94 valence electrons. The van der Waals surface area contributed by atoms with E-state index in [1.165, 1.54) is 21.8 Å². The summed E-state index contributed by atoms with van der Waals surface area (Å²) in [4.78, 5) is 20.7. The van der Waals surface area contributed by atoms with Crippen molar-refractivity contribution in [3.63, 3.8) is 0 Å². The number of rotatable bonds is 2. The largest absolute Gasteiger partial charge is 0.269 e. The second-order valence-corrected chi connectivity index (χ2v) is 5.46. The van der Waals surface area contributed by atoms with Crippen LogP contribution in [0.3, 0.4) is 0 Å². The summed E-state index contributed by atoms with van der Waals surface area (Å²) in [6.07, 6.45) is 8.68. The Morgan fingerprint density at radius 1 is 1.26 bits per heavy atom. The van der Waals surface area contributed by atoms with Crippen molar-refractivity contribution >= 4 is 40.1 Å². The topological polar surface area (TPSA) is 47.3 Å². The fourth-order valence-electron chi connectivity index (χ4n) is 1.63. The van der Waals surface area contributed by atoms with Gasteiger partial charge in [-0.3, -0.25) is 14.2 Å². The highest BCUT2D eigenvalue weighted by atomic mass is 35.5. The fraction of sp³-hybridized carbons (Fsp3) is 0. The lowest BCUT2D eigenvalue weighted by Gasteiger charge is -1.95. The minimum atomic E-state index is -0.137. The maximum atomic E-state index is 11.9. The third-order valence-corrected chi connectivity index (χ3v) is 3.61. The van der Waals surface area contributed by atoms with Gasteiger partial charge < -0.3 is 0 Å². The van der Waals surface area contributed by atoms with Gasteiger partial charge in [0.1, 0.15) is 4.34 Å². The smallest absolute Gasteiger partial charge is 0.259 e. The molecule has 0 bridgehead atoms. The molecule has 0 unspecified atom stereocenters. The molecule has 0 amide bonds. The van der Waals surface area contributed by atoms with E-state index in [2.05, 4.69) is 9.97 Å². The van der Waals surface area contributed by atoms with Crippen molar-refractivity contribution in [2.75, 3.05) is 0 Å². The maximum absolute atomic E-state index is 11.9. The van der Waals surface area contributed by atoms with Gasteiger partial charge >= 0.3 is 0 Å². The Bertz CT molecular complexity index is 808. The number of nitrogens with zero attached hydrogens (tertiary/aromatic N) is 3. The lowest BCUT2D eigenvalue weighted by atomic mass is 10.2. The van der Waals surface area contributed by atoms with Crippen LogP contribution < -0.4 is 5.56 Å². The molecular formula is C13H8ClN3OS. The van der Waals surface area contributed by atoms with E-state index in [1.807, 2.05) is 18.2 Å². The van der Waals surface area contributed by atoms with Crippen LogP contribution in [-0.2, 0) is 0 Å². The van der Waals surface area contributed by atoms with E-state index in [0.717, 1.165) is 5.56 Å². The van der Waals surface area contributed by atoms with Gasteiger partial charge in [-0.25, -0.2) is 4.98 Å². The number of thiazole rings is 1. The zero-order chi connectivity index (χ0) is 13.2. The van der Waals surface area contributed by atoms with Crippen LogP contribution in [0.5, 0.6) is 0 Å². The van der Waals surface area contributed by atoms with Crippen molar-refractivity contribution in [3.8, 4) is 0 Å². The molecule has 0 radical (unpaired) electrons. The van der Waals surface area contributed by atoms with Crippen LogP contribution in [0.25, 0.3) is 17.1 Å². The van der Waals surface area contributed by atoms with E-state index in [4.69, 9.17) is 11.6 Å². The summed E-state index contributed by atoms with van der Waals surface area (Å²) in [5.41, 5.74) is 1.48. The van der Waals surface area contributed by atoms with E-state index in [9.17, 15) is 4.79 Å². The van der Waals surface area contributed by atoms with E-state index < -0.39 is 0 Å². The predicted molar refractivity (Wildman–Crippen MR) is 77.5 cm³/mol. The van der Waals surface area contributed by atoms with Gasteiger partial charge in [-0.2, -0.15) is 0 Å². The van der Waals surface area contributed by atoms with Gasteiger partial charge in [0.15, 0.2) is 4.96 Å². The monoisotopic (exact) mass is 289 g/mol. The summed E-state index contributed by atoms with van der Waals surface area (Å²) in [7, 11) is 0. The molecule has 0 aliphatic heterocycles. The quantitative estimate of drug-likeness (QED) is 0.729.